The highest BCUT2D eigenvalue weighted by atomic mass is 32.2. The molecule has 7 nitrogen and oxygen atoms in total. The van der Waals surface area contributed by atoms with Crippen LogP contribution in [0.15, 0.2) is 82.1 Å². The highest BCUT2D eigenvalue weighted by molar-refractivity contribution is 7.98. The van der Waals surface area contributed by atoms with Crippen LogP contribution in [0.5, 0.6) is 11.5 Å². The van der Waals surface area contributed by atoms with Crippen molar-refractivity contribution in [3.05, 3.63) is 84.3 Å². The molecule has 0 radical (unpaired) electrons. The Labute approximate surface area is 195 Å². The van der Waals surface area contributed by atoms with Gasteiger partial charge in [0.15, 0.2) is 11.5 Å². The predicted molar refractivity (Wildman–Crippen MR) is 125 cm³/mol. The summed E-state index contributed by atoms with van der Waals surface area (Å²) in [6.07, 6.45) is 1.17. The molecule has 166 valence electrons. The number of aromatic nitrogens is 2. The van der Waals surface area contributed by atoms with Gasteiger partial charge in [0, 0.05) is 22.6 Å². The highest BCUT2D eigenvalue weighted by Crippen LogP contribution is 2.35. The van der Waals surface area contributed by atoms with Crippen molar-refractivity contribution >= 4 is 23.4 Å². The van der Waals surface area contributed by atoms with E-state index in [-0.39, 0.29) is 12.7 Å². The van der Waals surface area contributed by atoms with Gasteiger partial charge >= 0.3 is 0 Å². The molecular weight excluding hydrogens is 438 g/mol. The Kier molecular flexibility index (Phi) is 6.25. The molecule has 0 atom stereocenters. The maximum absolute atomic E-state index is 12.2. The van der Waals surface area contributed by atoms with Gasteiger partial charge in [-0.2, -0.15) is 0 Å². The molecule has 1 aliphatic heterocycles. The molecule has 5 rings (SSSR count). The Morgan fingerprint density at radius 3 is 2.61 bits per heavy atom. The van der Waals surface area contributed by atoms with Crippen LogP contribution >= 0.6 is 11.8 Å². The summed E-state index contributed by atoms with van der Waals surface area (Å²) in [6, 6.07) is 23.2. The van der Waals surface area contributed by atoms with E-state index in [1.807, 2.05) is 72.8 Å². The number of nitrogens with zero attached hydrogens (tertiary/aromatic N) is 2. The monoisotopic (exact) mass is 459 g/mol. The van der Waals surface area contributed by atoms with Gasteiger partial charge in [0.05, 0.1) is 5.75 Å². The first kappa shape index (κ1) is 21.1. The fourth-order valence-electron chi connectivity index (χ4n) is 3.36. The van der Waals surface area contributed by atoms with E-state index in [4.69, 9.17) is 13.9 Å². The van der Waals surface area contributed by atoms with Crippen molar-refractivity contribution in [1.29, 1.82) is 0 Å². The second kappa shape index (κ2) is 9.79. The Morgan fingerprint density at radius 2 is 1.76 bits per heavy atom. The molecule has 33 heavy (non-hydrogen) atoms. The van der Waals surface area contributed by atoms with Crippen LogP contribution in [0.3, 0.4) is 0 Å². The van der Waals surface area contributed by atoms with Gasteiger partial charge in [0.25, 0.3) is 0 Å². The van der Waals surface area contributed by atoms with Gasteiger partial charge in [0.1, 0.15) is 0 Å². The first-order chi connectivity index (χ1) is 16.2. The Morgan fingerprint density at radius 1 is 0.939 bits per heavy atom. The maximum atomic E-state index is 12.2. The molecule has 8 heteroatoms. The number of carbonyl (C=O) groups is 1. The number of hydrogen-bond donors (Lipinski definition) is 1. The molecule has 0 bridgehead atoms. The van der Waals surface area contributed by atoms with Crippen LogP contribution in [0, 0.1) is 0 Å². The van der Waals surface area contributed by atoms with E-state index in [2.05, 4.69) is 15.5 Å². The second-order valence-electron chi connectivity index (χ2n) is 7.42. The third kappa shape index (κ3) is 5.35. The molecule has 2 heterocycles. The van der Waals surface area contributed by atoms with Crippen LogP contribution in [0.1, 0.15) is 17.9 Å². The van der Waals surface area contributed by atoms with Crippen molar-refractivity contribution in [2.24, 2.45) is 0 Å². The first-order valence-electron chi connectivity index (χ1n) is 10.5. The second-order valence-corrected chi connectivity index (χ2v) is 8.46. The van der Waals surface area contributed by atoms with Crippen molar-refractivity contribution < 1.29 is 18.7 Å². The lowest BCUT2D eigenvalue weighted by Crippen LogP contribution is -2.12. The van der Waals surface area contributed by atoms with Gasteiger partial charge < -0.3 is 19.2 Å². The summed E-state index contributed by atoms with van der Waals surface area (Å²) in [5.41, 5.74) is 2.72. The number of anilines is 1. The lowest BCUT2D eigenvalue weighted by Gasteiger charge is -2.06. The molecule has 1 aliphatic rings. The highest BCUT2D eigenvalue weighted by Gasteiger charge is 2.16. The molecule has 4 aromatic rings. The van der Waals surface area contributed by atoms with Crippen molar-refractivity contribution in [3.8, 4) is 23.0 Å². The van der Waals surface area contributed by atoms with Crippen LogP contribution < -0.4 is 14.8 Å². The van der Waals surface area contributed by atoms with Crippen LogP contribution in [-0.4, -0.2) is 22.9 Å². The minimum Gasteiger partial charge on any atom is -0.454 e. The number of aryl methyl sites for hydroxylation is 1. The average Bonchev–Trinajstić information content (AvgIpc) is 3.52. The van der Waals surface area contributed by atoms with Gasteiger partial charge in [0.2, 0.25) is 24.5 Å². The van der Waals surface area contributed by atoms with E-state index in [0.29, 0.717) is 35.5 Å². The molecule has 0 saturated heterocycles. The minimum atomic E-state index is 0.00108. The summed E-state index contributed by atoms with van der Waals surface area (Å²) in [7, 11) is 0. The predicted octanol–water partition coefficient (Wildman–Crippen LogP) is 5.33. The molecule has 0 fully saturated rings. The number of thioether (sulfide) groups is 1. The summed E-state index contributed by atoms with van der Waals surface area (Å²) in [5.74, 6) is 2.91. The molecule has 0 unspecified atom stereocenters. The topological polar surface area (TPSA) is 86.5 Å². The Balaban J connectivity index is 1.12. The molecule has 0 aliphatic carbocycles. The molecular formula is C25H21N3O4S. The van der Waals surface area contributed by atoms with E-state index in [1.165, 1.54) is 0 Å². The lowest BCUT2D eigenvalue weighted by molar-refractivity contribution is -0.116. The SMILES string of the molecule is O=C(CCc1ccccc1)Nc1ccc(SCc2nnc(-c3ccc4c(c3)OCO4)o2)cc1. The van der Waals surface area contributed by atoms with Crippen LogP contribution in [0.4, 0.5) is 5.69 Å². The number of benzene rings is 3. The van der Waals surface area contributed by atoms with Crippen molar-refractivity contribution in [1.82, 2.24) is 10.2 Å². The molecule has 3 aromatic carbocycles. The maximum Gasteiger partial charge on any atom is 0.247 e. The van der Waals surface area contributed by atoms with E-state index in [9.17, 15) is 4.79 Å². The standard InChI is InChI=1S/C25H21N3O4S/c29-23(13-6-17-4-2-1-3-5-17)26-19-8-10-20(11-9-19)33-15-24-27-28-25(32-24)18-7-12-21-22(14-18)31-16-30-21/h1-5,7-12,14H,6,13,15-16H2,(H,26,29). The summed E-state index contributed by atoms with van der Waals surface area (Å²) in [4.78, 5) is 13.2. The average molecular weight is 460 g/mol. The number of amides is 1. The molecule has 0 saturated carbocycles. The van der Waals surface area contributed by atoms with Gasteiger partial charge in [-0.05, 0) is 54.4 Å². The molecule has 1 aromatic heterocycles. The minimum absolute atomic E-state index is 0.00108. The number of carbonyl (C=O) groups excluding carboxylic acids is 1. The van der Waals surface area contributed by atoms with Gasteiger partial charge in [-0.25, -0.2) is 0 Å². The van der Waals surface area contributed by atoms with E-state index < -0.39 is 0 Å². The molecule has 1 amide bonds. The van der Waals surface area contributed by atoms with Gasteiger partial charge in [-0.15, -0.1) is 22.0 Å². The number of rotatable bonds is 8. The largest absolute Gasteiger partial charge is 0.454 e. The summed E-state index contributed by atoms with van der Waals surface area (Å²) >= 11 is 1.58. The Bertz CT molecular complexity index is 1240. The third-order valence-corrected chi connectivity index (χ3v) is 6.07. The zero-order chi connectivity index (χ0) is 22.5. The lowest BCUT2D eigenvalue weighted by atomic mass is 10.1. The molecule has 0 spiro atoms. The summed E-state index contributed by atoms with van der Waals surface area (Å²) < 4.78 is 16.5. The van der Waals surface area contributed by atoms with Gasteiger partial charge in [-0.3, -0.25) is 4.79 Å². The summed E-state index contributed by atoms with van der Waals surface area (Å²) in [5, 5.41) is 11.2. The zero-order valence-corrected chi connectivity index (χ0v) is 18.5. The van der Waals surface area contributed by atoms with E-state index in [0.717, 1.165) is 28.1 Å². The molecule has 1 N–H and O–H groups in total. The zero-order valence-electron chi connectivity index (χ0n) is 17.7. The summed E-state index contributed by atoms with van der Waals surface area (Å²) in [6.45, 7) is 0.223. The van der Waals surface area contributed by atoms with Gasteiger partial charge in [-0.1, -0.05) is 30.3 Å². The van der Waals surface area contributed by atoms with Crippen molar-refractivity contribution in [3.63, 3.8) is 0 Å². The number of hydrogen-bond acceptors (Lipinski definition) is 7. The van der Waals surface area contributed by atoms with E-state index >= 15 is 0 Å². The quantitative estimate of drug-likeness (QED) is 0.356. The van der Waals surface area contributed by atoms with E-state index in [1.54, 1.807) is 11.8 Å². The number of ether oxygens (including phenoxy) is 2. The number of nitrogens with one attached hydrogen (secondary N) is 1. The normalized spacial score (nSPS) is 12.0. The number of fused-ring (bicyclic) bond motifs is 1. The van der Waals surface area contributed by atoms with Crippen LogP contribution in [0.25, 0.3) is 11.5 Å². The first-order valence-corrected chi connectivity index (χ1v) is 11.5. The fourth-order valence-corrected chi connectivity index (χ4v) is 4.10. The smallest absolute Gasteiger partial charge is 0.247 e. The van der Waals surface area contributed by atoms with Crippen molar-refractivity contribution in [2.45, 2.75) is 23.5 Å². The van der Waals surface area contributed by atoms with Crippen LogP contribution in [0.2, 0.25) is 0 Å². The third-order valence-electron chi connectivity index (χ3n) is 5.07. The Hall–Kier alpha value is -3.78. The fraction of sp³-hybridized carbons (Fsp3) is 0.160. The van der Waals surface area contributed by atoms with Crippen molar-refractivity contribution in [2.75, 3.05) is 12.1 Å². The van der Waals surface area contributed by atoms with Crippen LogP contribution in [-0.2, 0) is 17.0 Å².